The van der Waals surface area contributed by atoms with Gasteiger partial charge >= 0.3 is 0 Å². The highest BCUT2D eigenvalue weighted by Crippen LogP contribution is 2.22. The Kier molecular flexibility index (Phi) is 3.17. The normalized spacial score (nSPS) is 21.4. The Balaban J connectivity index is 2.27. The summed E-state index contributed by atoms with van der Waals surface area (Å²) in [6, 6.07) is 9.25. The van der Waals surface area contributed by atoms with Gasteiger partial charge in [-0.05, 0) is 30.6 Å². The Morgan fingerprint density at radius 2 is 2.29 bits per heavy atom. The molecule has 1 unspecified atom stereocenters. The van der Waals surface area contributed by atoms with Crippen molar-refractivity contribution < 1.29 is 0 Å². The molecule has 0 aliphatic carbocycles. The van der Waals surface area contributed by atoms with Gasteiger partial charge in [-0.3, -0.25) is 0 Å². The van der Waals surface area contributed by atoms with Crippen LogP contribution in [0.3, 0.4) is 0 Å². The monoisotopic (exact) mass is 190 g/mol. The van der Waals surface area contributed by atoms with E-state index in [-0.39, 0.29) is 0 Å². The van der Waals surface area contributed by atoms with Crippen LogP contribution in [0, 0.1) is 0 Å². The minimum atomic E-state index is 0.534. The lowest BCUT2D eigenvalue weighted by molar-refractivity contribution is 0.511. The molecule has 2 rings (SSSR count). The van der Waals surface area contributed by atoms with Crippen LogP contribution in [0.2, 0.25) is 0 Å². The topological polar surface area (TPSA) is 24.1 Å². The first kappa shape index (κ1) is 9.69. The Hall–Kier alpha value is -0.860. The molecule has 0 spiro atoms. The number of hydrogen-bond donors (Lipinski definition) is 2. The van der Waals surface area contributed by atoms with Crippen molar-refractivity contribution in [1.82, 2.24) is 10.6 Å². The highest BCUT2D eigenvalue weighted by Gasteiger charge is 2.16. The maximum atomic E-state index is 3.54. The summed E-state index contributed by atoms with van der Waals surface area (Å²) in [7, 11) is 0. The molecule has 1 aromatic carbocycles. The highest BCUT2D eigenvalue weighted by molar-refractivity contribution is 5.30. The molecule has 0 saturated carbocycles. The van der Waals surface area contributed by atoms with Gasteiger partial charge in [0.25, 0.3) is 0 Å². The molecule has 0 fully saturated rings. The molecule has 14 heavy (non-hydrogen) atoms. The second kappa shape index (κ2) is 4.58. The van der Waals surface area contributed by atoms with Gasteiger partial charge in [0.2, 0.25) is 0 Å². The third-order valence-electron chi connectivity index (χ3n) is 2.81. The molecule has 1 aliphatic rings. The highest BCUT2D eigenvalue weighted by atomic mass is 14.9. The van der Waals surface area contributed by atoms with Crippen LogP contribution in [0.5, 0.6) is 0 Å². The quantitative estimate of drug-likeness (QED) is 0.743. The molecule has 0 amide bonds. The van der Waals surface area contributed by atoms with Crippen molar-refractivity contribution in [2.24, 2.45) is 0 Å². The fourth-order valence-electron chi connectivity index (χ4n) is 2.12. The fourth-order valence-corrected chi connectivity index (χ4v) is 2.12. The molecule has 2 heteroatoms. The zero-order valence-corrected chi connectivity index (χ0v) is 8.72. The summed E-state index contributed by atoms with van der Waals surface area (Å²) in [6.45, 7) is 5.32. The average Bonchev–Trinajstić information content (AvgIpc) is 2.42. The van der Waals surface area contributed by atoms with Crippen LogP contribution in [0.15, 0.2) is 24.3 Å². The molecular weight excluding hydrogens is 172 g/mol. The zero-order chi connectivity index (χ0) is 9.80. The van der Waals surface area contributed by atoms with Gasteiger partial charge < -0.3 is 10.6 Å². The van der Waals surface area contributed by atoms with Crippen molar-refractivity contribution in [2.75, 3.05) is 13.1 Å². The lowest BCUT2D eigenvalue weighted by Crippen LogP contribution is -2.22. The Bertz CT molecular complexity index is 296. The molecule has 0 saturated heterocycles. The molecular formula is C12H18N2. The predicted octanol–water partition coefficient (Wildman–Crippen LogP) is 1.83. The Labute approximate surface area is 85.7 Å². The number of benzene rings is 1. The second-order valence-corrected chi connectivity index (χ2v) is 3.77. The second-order valence-electron chi connectivity index (χ2n) is 3.77. The maximum absolute atomic E-state index is 3.54. The van der Waals surface area contributed by atoms with Crippen molar-refractivity contribution in [3.05, 3.63) is 35.4 Å². The van der Waals surface area contributed by atoms with Gasteiger partial charge in [-0.2, -0.15) is 0 Å². The molecule has 76 valence electrons. The zero-order valence-electron chi connectivity index (χ0n) is 8.72. The number of nitrogens with one attached hydrogen (secondary N) is 2. The van der Waals surface area contributed by atoms with Gasteiger partial charge in [0.15, 0.2) is 0 Å². The first-order valence-corrected chi connectivity index (χ1v) is 5.43. The van der Waals surface area contributed by atoms with Crippen molar-refractivity contribution in [1.29, 1.82) is 0 Å². The minimum absolute atomic E-state index is 0.534. The molecule has 2 N–H and O–H groups in total. The molecule has 2 nitrogen and oxygen atoms in total. The SMILES string of the molecule is CCNC1CCNCc2ccccc21. The van der Waals surface area contributed by atoms with Gasteiger partial charge in [0.1, 0.15) is 0 Å². The Morgan fingerprint density at radius 1 is 1.43 bits per heavy atom. The van der Waals surface area contributed by atoms with Crippen molar-refractivity contribution in [2.45, 2.75) is 25.9 Å². The van der Waals surface area contributed by atoms with E-state index >= 15 is 0 Å². The first-order chi connectivity index (χ1) is 6.92. The summed E-state index contributed by atoms with van der Waals surface area (Å²) < 4.78 is 0. The van der Waals surface area contributed by atoms with E-state index in [9.17, 15) is 0 Å². The van der Waals surface area contributed by atoms with Gasteiger partial charge in [-0.15, -0.1) is 0 Å². The third kappa shape index (κ3) is 1.97. The standard InChI is InChI=1S/C12H18N2/c1-2-14-12-7-8-13-9-10-5-3-4-6-11(10)12/h3-6,12-14H,2,7-9H2,1H3. The van der Waals surface area contributed by atoms with Crippen molar-refractivity contribution in [3.63, 3.8) is 0 Å². The lowest BCUT2D eigenvalue weighted by Gasteiger charge is -2.17. The van der Waals surface area contributed by atoms with E-state index in [1.54, 1.807) is 0 Å². The predicted molar refractivity (Wildman–Crippen MR) is 59.2 cm³/mol. The van der Waals surface area contributed by atoms with Gasteiger partial charge in [0, 0.05) is 12.6 Å². The first-order valence-electron chi connectivity index (χ1n) is 5.43. The van der Waals surface area contributed by atoms with Crippen LogP contribution in [-0.4, -0.2) is 13.1 Å². The molecule has 1 heterocycles. The largest absolute Gasteiger partial charge is 0.313 e. The Morgan fingerprint density at radius 3 is 3.14 bits per heavy atom. The summed E-state index contributed by atoms with van der Waals surface area (Å²) >= 11 is 0. The molecule has 0 bridgehead atoms. The molecule has 1 atom stereocenters. The van der Waals surface area contributed by atoms with Crippen LogP contribution < -0.4 is 10.6 Å². The molecule has 1 aliphatic heterocycles. The average molecular weight is 190 g/mol. The minimum Gasteiger partial charge on any atom is -0.313 e. The van der Waals surface area contributed by atoms with E-state index in [1.165, 1.54) is 17.5 Å². The van der Waals surface area contributed by atoms with E-state index in [2.05, 4.69) is 41.8 Å². The summed E-state index contributed by atoms with van der Waals surface area (Å²) in [4.78, 5) is 0. The molecule has 1 aromatic rings. The van der Waals surface area contributed by atoms with Crippen molar-refractivity contribution >= 4 is 0 Å². The van der Waals surface area contributed by atoms with Crippen LogP contribution in [-0.2, 0) is 6.54 Å². The lowest BCUT2D eigenvalue weighted by atomic mass is 9.99. The van der Waals surface area contributed by atoms with Crippen LogP contribution in [0.25, 0.3) is 0 Å². The van der Waals surface area contributed by atoms with Crippen molar-refractivity contribution in [3.8, 4) is 0 Å². The van der Waals surface area contributed by atoms with E-state index in [0.29, 0.717) is 6.04 Å². The summed E-state index contributed by atoms with van der Waals surface area (Å²) in [6.07, 6.45) is 1.19. The number of hydrogen-bond acceptors (Lipinski definition) is 2. The molecule has 0 radical (unpaired) electrons. The molecule has 0 aromatic heterocycles. The van der Waals surface area contributed by atoms with Crippen LogP contribution >= 0.6 is 0 Å². The van der Waals surface area contributed by atoms with E-state index in [0.717, 1.165) is 19.6 Å². The summed E-state index contributed by atoms with van der Waals surface area (Å²) in [5, 5.41) is 6.99. The van der Waals surface area contributed by atoms with E-state index in [1.807, 2.05) is 0 Å². The van der Waals surface area contributed by atoms with Gasteiger partial charge in [-0.25, -0.2) is 0 Å². The van der Waals surface area contributed by atoms with Crippen LogP contribution in [0.4, 0.5) is 0 Å². The fraction of sp³-hybridized carbons (Fsp3) is 0.500. The third-order valence-corrected chi connectivity index (χ3v) is 2.81. The van der Waals surface area contributed by atoms with Crippen LogP contribution in [0.1, 0.15) is 30.5 Å². The maximum Gasteiger partial charge on any atom is 0.0335 e. The van der Waals surface area contributed by atoms with Gasteiger partial charge in [0.05, 0.1) is 0 Å². The van der Waals surface area contributed by atoms with E-state index < -0.39 is 0 Å². The summed E-state index contributed by atoms with van der Waals surface area (Å²) in [5.74, 6) is 0. The number of fused-ring (bicyclic) bond motifs is 1. The number of rotatable bonds is 2. The van der Waals surface area contributed by atoms with Gasteiger partial charge in [-0.1, -0.05) is 31.2 Å². The smallest absolute Gasteiger partial charge is 0.0335 e. The van der Waals surface area contributed by atoms with E-state index in [4.69, 9.17) is 0 Å². The summed E-state index contributed by atoms with van der Waals surface area (Å²) in [5.41, 5.74) is 2.91.